The SMILES string of the molecule is CC.CCNC(CC)OC. The Morgan fingerprint density at radius 2 is 1.80 bits per heavy atom. The quantitative estimate of drug-likeness (QED) is 0.614. The van der Waals surface area contributed by atoms with Gasteiger partial charge < -0.3 is 4.74 Å². The first-order chi connectivity index (χ1) is 4.85. The second-order valence-corrected chi connectivity index (χ2v) is 1.69. The zero-order valence-electron chi connectivity index (χ0n) is 7.90. The van der Waals surface area contributed by atoms with Gasteiger partial charge in [0, 0.05) is 7.11 Å². The summed E-state index contributed by atoms with van der Waals surface area (Å²) in [6.45, 7) is 9.14. The van der Waals surface area contributed by atoms with E-state index in [1.165, 1.54) is 0 Å². The van der Waals surface area contributed by atoms with E-state index in [2.05, 4.69) is 19.2 Å². The number of methoxy groups -OCH3 is 1. The Morgan fingerprint density at radius 3 is 1.90 bits per heavy atom. The summed E-state index contributed by atoms with van der Waals surface area (Å²) in [5.74, 6) is 0. The summed E-state index contributed by atoms with van der Waals surface area (Å²) < 4.78 is 5.03. The van der Waals surface area contributed by atoms with Gasteiger partial charge in [0.15, 0.2) is 0 Å². The third-order valence-electron chi connectivity index (χ3n) is 1.09. The highest BCUT2D eigenvalue weighted by Gasteiger charge is 1.97. The Hall–Kier alpha value is -0.0800. The van der Waals surface area contributed by atoms with Gasteiger partial charge in [0.25, 0.3) is 0 Å². The van der Waals surface area contributed by atoms with Gasteiger partial charge in [-0.25, -0.2) is 0 Å². The van der Waals surface area contributed by atoms with Crippen LogP contribution in [0.4, 0.5) is 0 Å². The Morgan fingerprint density at radius 1 is 1.30 bits per heavy atom. The molecule has 0 aromatic carbocycles. The van der Waals surface area contributed by atoms with Crippen LogP contribution in [-0.4, -0.2) is 19.9 Å². The van der Waals surface area contributed by atoms with Gasteiger partial charge in [-0.15, -0.1) is 0 Å². The average molecular weight is 147 g/mol. The number of nitrogens with one attached hydrogen (secondary N) is 1. The fourth-order valence-electron chi connectivity index (χ4n) is 0.622. The van der Waals surface area contributed by atoms with Crippen LogP contribution in [0.1, 0.15) is 34.1 Å². The predicted molar refractivity (Wildman–Crippen MR) is 46.1 cm³/mol. The van der Waals surface area contributed by atoms with Crippen LogP contribution < -0.4 is 5.32 Å². The molecule has 0 heterocycles. The Balaban J connectivity index is 0. The van der Waals surface area contributed by atoms with Crippen LogP contribution in [-0.2, 0) is 4.74 Å². The van der Waals surface area contributed by atoms with Crippen molar-refractivity contribution in [3.8, 4) is 0 Å². The van der Waals surface area contributed by atoms with Crippen molar-refractivity contribution in [3.05, 3.63) is 0 Å². The molecule has 0 saturated heterocycles. The van der Waals surface area contributed by atoms with E-state index in [9.17, 15) is 0 Å². The fraction of sp³-hybridized carbons (Fsp3) is 1.00. The molecule has 0 aromatic rings. The number of hydrogen-bond donors (Lipinski definition) is 1. The van der Waals surface area contributed by atoms with Gasteiger partial charge in [0.2, 0.25) is 0 Å². The van der Waals surface area contributed by atoms with Crippen LogP contribution >= 0.6 is 0 Å². The number of ether oxygens (including phenoxy) is 1. The lowest BCUT2D eigenvalue weighted by molar-refractivity contribution is 0.0726. The van der Waals surface area contributed by atoms with Crippen LogP contribution in [0.25, 0.3) is 0 Å². The molecule has 0 bridgehead atoms. The molecule has 0 spiro atoms. The van der Waals surface area contributed by atoms with Gasteiger partial charge in [-0.2, -0.15) is 0 Å². The molecule has 1 N–H and O–H groups in total. The second-order valence-electron chi connectivity index (χ2n) is 1.69. The van der Waals surface area contributed by atoms with E-state index in [0.717, 1.165) is 13.0 Å². The van der Waals surface area contributed by atoms with Gasteiger partial charge in [-0.1, -0.05) is 27.7 Å². The highest BCUT2D eigenvalue weighted by Crippen LogP contribution is 1.88. The molecule has 2 heteroatoms. The Labute approximate surface area is 65.0 Å². The molecule has 0 aliphatic rings. The third-order valence-corrected chi connectivity index (χ3v) is 1.09. The average Bonchev–Trinajstić information content (AvgIpc) is 2.04. The topological polar surface area (TPSA) is 21.3 Å². The molecule has 0 aliphatic carbocycles. The lowest BCUT2D eigenvalue weighted by Gasteiger charge is -2.12. The lowest BCUT2D eigenvalue weighted by Crippen LogP contribution is -2.29. The Bertz CT molecular complexity index is 44.5. The van der Waals surface area contributed by atoms with E-state index in [1.807, 2.05) is 13.8 Å². The monoisotopic (exact) mass is 147 g/mol. The first-order valence-electron chi connectivity index (χ1n) is 4.11. The molecular weight excluding hydrogens is 126 g/mol. The van der Waals surface area contributed by atoms with E-state index in [-0.39, 0.29) is 6.23 Å². The molecule has 0 aliphatic heterocycles. The predicted octanol–water partition coefficient (Wildman–Crippen LogP) is 2.00. The van der Waals surface area contributed by atoms with E-state index in [0.29, 0.717) is 0 Å². The summed E-state index contributed by atoms with van der Waals surface area (Å²) in [4.78, 5) is 0. The zero-order valence-corrected chi connectivity index (χ0v) is 7.90. The van der Waals surface area contributed by atoms with Crippen molar-refractivity contribution in [1.29, 1.82) is 0 Å². The molecule has 1 unspecified atom stereocenters. The van der Waals surface area contributed by atoms with Crippen LogP contribution in [0, 0.1) is 0 Å². The smallest absolute Gasteiger partial charge is 0.107 e. The highest BCUT2D eigenvalue weighted by molar-refractivity contribution is 4.47. The summed E-state index contributed by atoms with van der Waals surface area (Å²) in [6.07, 6.45) is 1.28. The summed E-state index contributed by atoms with van der Waals surface area (Å²) in [7, 11) is 1.72. The molecular formula is C8H21NO. The fourth-order valence-corrected chi connectivity index (χ4v) is 0.622. The number of rotatable bonds is 4. The molecule has 64 valence electrons. The summed E-state index contributed by atoms with van der Waals surface area (Å²) in [5, 5.41) is 3.16. The molecule has 0 aromatic heterocycles. The maximum Gasteiger partial charge on any atom is 0.107 e. The van der Waals surface area contributed by atoms with Crippen molar-refractivity contribution in [2.75, 3.05) is 13.7 Å². The largest absolute Gasteiger partial charge is 0.367 e. The van der Waals surface area contributed by atoms with Crippen LogP contribution in [0.2, 0.25) is 0 Å². The highest BCUT2D eigenvalue weighted by atomic mass is 16.5. The molecule has 0 saturated carbocycles. The van der Waals surface area contributed by atoms with Gasteiger partial charge in [-0.05, 0) is 13.0 Å². The van der Waals surface area contributed by atoms with Crippen LogP contribution in [0.15, 0.2) is 0 Å². The molecule has 2 nitrogen and oxygen atoms in total. The summed E-state index contributed by atoms with van der Waals surface area (Å²) in [6, 6.07) is 0. The maximum atomic E-state index is 5.03. The molecule has 0 radical (unpaired) electrons. The first kappa shape index (κ1) is 12.6. The second kappa shape index (κ2) is 11.7. The van der Waals surface area contributed by atoms with Crippen molar-refractivity contribution in [3.63, 3.8) is 0 Å². The van der Waals surface area contributed by atoms with Gasteiger partial charge in [-0.3, -0.25) is 5.32 Å². The Kier molecular flexibility index (Phi) is 14.7. The molecule has 0 fully saturated rings. The lowest BCUT2D eigenvalue weighted by atomic mass is 10.4. The van der Waals surface area contributed by atoms with Crippen LogP contribution in [0.5, 0.6) is 0 Å². The van der Waals surface area contributed by atoms with E-state index in [1.54, 1.807) is 7.11 Å². The van der Waals surface area contributed by atoms with Crippen molar-refractivity contribution in [2.24, 2.45) is 0 Å². The van der Waals surface area contributed by atoms with Crippen molar-refractivity contribution >= 4 is 0 Å². The van der Waals surface area contributed by atoms with E-state index < -0.39 is 0 Å². The van der Waals surface area contributed by atoms with Crippen molar-refractivity contribution in [2.45, 2.75) is 40.3 Å². The first-order valence-corrected chi connectivity index (χ1v) is 4.11. The van der Waals surface area contributed by atoms with Crippen molar-refractivity contribution in [1.82, 2.24) is 5.32 Å². The third kappa shape index (κ3) is 7.92. The van der Waals surface area contributed by atoms with E-state index >= 15 is 0 Å². The minimum absolute atomic E-state index is 0.250. The van der Waals surface area contributed by atoms with E-state index in [4.69, 9.17) is 4.74 Å². The normalized spacial score (nSPS) is 11.7. The molecule has 0 amide bonds. The number of hydrogen-bond acceptors (Lipinski definition) is 2. The molecule has 1 atom stereocenters. The zero-order chi connectivity index (χ0) is 8.41. The maximum absolute atomic E-state index is 5.03. The van der Waals surface area contributed by atoms with Gasteiger partial charge in [0.05, 0.1) is 0 Å². The minimum atomic E-state index is 0.250. The summed E-state index contributed by atoms with van der Waals surface area (Å²) >= 11 is 0. The standard InChI is InChI=1S/C6H15NO.C2H6/c1-4-6(8-3)7-5-2;1-2/h6-7H,4-5H2,1-3H3;1-2H3. The summed E-state index contributed by atoms with van der Waals surface area (Å²) in [5.41, 5.74) is 0. The molecule has 0 rings (SSSR count). The van der Waals surface area contributed by atoms with Crippen molar-refractivity contribution < 1.29 is 4.74 Å². The van der Waals surface area contributed by atoms with Gasteiger partial charge in [0.1, 0.15) is 6.23 Å². The van der Waals surface area contributed by atoms with Gasteiger partial charge >= 0.3 is 0 Å². The minimum Gasteiger partial charge on any atom is -0.367 e. The van der Waals surface area contributed by atoms with Crippen LogP contribution in [0.3, 0.4) is 0 Å². The molecule has 10 heavy (non-hydrogen) atoms.